The number of carbonyl (C=O) groups excluding carboxylic acids is 2. The van der Waals surface area contributed by atoms with Gasteiger partial charge in [0, 0.05) is 35.3 Å². The topological polar surface area (TPSA) is 49.4 Å². The smallest absolute Gasteiger partial charge is 0.243 e. The molecule has 3 aromatic carbocycles. The van der Waals surface area contributed by atoms with Gasteiger partial charge in [0.2, 0.25) is 11.8 Å². The van der Waals surface area contributed by atoms with Crippen LogP contribution in [0.5, 0.6) is 0 Å². The Morgan fingerprint density at radius 2 is 1.73 bits per heavy atom. The van der Waals surface area contributed by atoms with E-state index in [1.807, 2.05) is 75.4 Å². The summed E-state index contributed by atoms with van der Waals surface area (Å²) in [4.78, 5) is 28.9. The van der Waals surface area contributed by atoms with Gasteiger partial charge in [0.25, 0.3) is 0 Å². The summed E-state index contributed by atoms with van der Waals surface area (Å²) in [6.07, 6.45) is 1.18. The molecule has 37 heavy (non-hydrogen) atoms. The molecule has 0 unspecified atom stereocenters. The highest BCUT2D eigenvalue weighted by Crippen LogP contribution is 2.25. The average molecular weight is 541 g/mol. The van der Waals surface area contributed by atoms with Crippen LogP contribution in [-0.2, 0) is 28.3 Å². The van der Waals surface area contributed by atoms with Crippen molar-refractivity contribution in [2.45, 2.75) is 58.0 Å². The first-order valence-electron chi connectivity index (χ1n) is 12.5. The maximum absolute atomic E-state index is 14.2. The van der Waals surface area contributed by atoms with Crippen molar-refractivity contribution < 1.29 is 14.0 Å². The fourth-order valence-corrected chi connectivity index (χ4v) is 5.24. The lowest BCUT2D eigenvalue weighted by Gasteiger charge is -2.32. The van der Waals surface area contributed by atoms with Crippen molar-refractivity contribution in [1.82, 2.24) is 10.2 Å². The Bertz CT molecular complexity index is 1170. The van der Waals surface area contributed by atoms with Gasteiger partial charge in [-0.25, -0.2) is 4.39 Å². The van der Waals surface area contributed by atoms with Crippen LogP contribution in [0.1, 0.15) is 42.5 Å². The van der Waals surface area contributed by atoms with Crippen LogP contribution in [0, 0.1) is 12.7 Å². The van der Waals surface area contributed by atoms with E-state index in [0.29, 0.717) is 23.6 Å². The zero-order valence-electron chi connectivity index (χ0n) is 21.5. The number of hydrogen-bond acceptors (Lipinski definition) is 3. The highest BCUT2D eigenvalue weighted by Gasteiger charge is 2.31. The minimum absolute atomic E-state index is 0.0146. The van der Waals surface area contributed by atoms with E-state index in [9.17, 15) is 14.0 Å². The van der Waals surface area contributed by atoms with E-state index in [2.05, 4.69) is 5.32 Å². The van der Waals surface area contributed by atoms with Crippen LogP contribution in [0.2, 0.25) is 5.02 Å². The molecule has 0 aromatic heterocycles. The van der Waals surface area contributed by atoms with Crippen LogP contribution in [0.15, 0.2) is 72.8 Å². The second kappa shape index (κ2) is 14.2. The third-order valence-corrected chi connectivity index (χ3v) is 7.54. The largest absolute Gasteiger partial charge is 0.352 e. The van der Waals surface area contributed by atoms with E-state index in [-0.39, 0.29) is 35.2 Å². The molecule has 0 spiro atoms. The molecule has 0 fully saturated rings. The molecule has 0 saturated heterocycles. The third-order valence-electron chi connectivity index (χ3n) is 6.24. The molecule has 2 atom stereocenters. The van der Waals surface area contributed by atoms with E-state index >= 15 is 0 Å². The molecule has 0 aliphatic rings. The first kappa shape index (κ1) is 28.7. The van der Waals surface area contributed by atoms with Crippen molar-refractivity contribution in [2.24, 2.45) is 0 Å². The number of hydrogen-bond donors (Lipinski definition) is 1. The lowest BCUT2D eigenvalue weighted by molar-refractivity contribution is -0.139. The number of rotatable bonds is 12. The number of aryl methyl sites for hydroxylation is 1. The van der Waals surface area contributed by atoms with Gasteiger partial charge in [-0.1, -0.05) is 84.8 Å². The molecule has 0 radical (unpaired) electrons. The summed E-state index contributed by atoms with van der Waals surface area (Å²) in [5, 5.41) is 3.41. The molecule has 3 rings (SSSR count). The van der Waals surface area contributed by atoms with Gasteiger partial charge < -0.3 is 10.2 Å². The standard InChI is InChI=1S/C30H34ClFN2O2S/c1-4-22(3)33-30(36)28(17-23-11-6-5-7-12-23)34(18-24-13-8-10-21(2)16-24)29(35)20-37-19-25-26(31)14-9-15-27(25)32/h5-16,22,28H,4,17-20H2,1-3H3,(H,33,36)/t22-,28+/m1/s1. The quantitative estimate of drug-likeness (QED) is 0.282. The summed E-state index contributed by atoms with van der Waals surface area (Å²) in [7, 11) is 0. The summed E-state index contributed by atoms with van der Waals surface area (Å²) < 4.78 is 14.2. The number of benzene rings is 3. The minimum atomic E-state index is -0.693. The van der Waals surface area contributed by atoms with Gasteiger partial charge in [-0.3, -0.25) is 9.59 Å². The minimum Gasteiger partial charge on any atom is -0.352 e. The Labute approximate surface area is 228 Å². The molecular formula is C30H34ClFN2O2S. The molecule has 0 aliphatic carbocycles. The van der Waals surface area contributed by atoms with E-state index in [0.717, 1.165) is 23.1 Å². The molecule has 2 amide bonds. The fourth-order valence-electron chi connectivity index (χ4n) is 4.00. The lowest BCUT2D eigenvalue weighted by Crippen LogP contribution is -2.52. The molecular weight excluding hydrogens is 507 g/mol. The fraction of sp³-hybridized carbons (Fsp3) is 0.333. The third kappa shape index (κ3) is 8.61. The Morgan fingerprint density at radius 1 is 1.03 bits per heavy atom. The van der Waals surface area contributed by atoms with Gasteiger partial charge in [0.15, 0.2) is 0 Å². The van der Waals surface area contributed by atoms with Crippen molar-refractivity contribution in [3.05, 3.63) is 106 Å². The predicted molar refractivity (Wildman–Crippen MR) is 151 cm³/mol. The number of nitrogens with one attached hydrogen (secondary N) is 1. The summed E-state index contributed by atoms with van der Waals surface area (Å²) >= 11 is 7.46. The van der Waals surface area contributed by atoms with Crippen LogP contribution in [-0.4, -0.2) is 34.6 Å². The molecule has 0 saturated carbocycles. The molecule has 4 nitrogen and oxygen atoms in total. The van der Waals surface area contributed by atoms with Gasteiger partial charge >= 0.3 is 0 Å². The Hall–Kier alpha value is -2.83. The monoisotopic (exact) mass is 540 g/mol. The first-order valence-corrected chi connectivity index (χ1v) is 14.0. The molecule has 1 N–H and O–H groups in total. The maximum Gasteiger partial charge on any atom is 0.243 e. The number of thioether (sulfide) groups is 1. The summed E-state index contributed by atoms with van der Waals surface area (Å²) in [6.45, 7) is 6.27. The van der Waals surface area contributed by atoms with Crippen molar-refractivity contribution in [3.8, 4) is 0 Å². The van der Waals surface area contributed by atoms with Crippen molar-refractivity contribution >= 4 is 35.2 Å². The van der Waals surface area contributed by atoms with E-state index < -0.39 is 6.04 Å². The van der Waals surface area contributed by atoms with Gasteiger partial charge in [0.1, 0.15) is 11.9 Å². The summed E-state index contributed by atoms with van der Waals surface area (Å²) in [5.41, 5.74) is 3.38. The Kier molecular flexibility index (Phi) is 11.0. The number of amides is 2. The zero-order chi connectivity index (χ0) is 26.8. The second-order valence-corrected chi connectivity index (χ2v) is 10.6. The van der Waals surface area contributed by atoms with Gasteiger partial charge in [-0.15, -0.1) is 11.8 Å². The van der Waals surface area contributed by atoms with E-state index in [1.165, 1.54) is 17.8 Å². The van der Waals surface area contributed by atoms with Gasteiger partial charge in [0.05, 0.1) is 5.75 Å². The lowest BCUT2D eigenvalue weighted by atomic mass is 10.0. The zero-order valence-corrected chi connectivity index (χ0v) is 23.1. The second-order valence-electron chi connectivity index (χ2n) is 9.23. The predicted octanol–water partition coefficient (Wildman–Crippen LogP) is 6.58. The van der Waals surface area contributed by atoms with Gasteiger partial charge in [-0.05, 0) is 43.5 Å². The normalized spacial score (nSPS) is 12.6. The van der Waals surface area contributed by atoms with Crippen LogP contribution >= 0.6 is 23.4 Å². The van der Waals surface area contributed by atoms with Crippen molar-refractivity contribution in [1.29, 1.82) is 0 Å². The summed E-state index contributed by atoms with van der Waals surface area (Å²) in [5.74, 6) is -0.393. The van der Waals surface area contributed by atoms with Crippen LogP contribution < -0.4 is 5.32 Å². The van der Waals surface area contributed by atoms with Crippen molar-refractivity contribution in [3.63, 3.8) is 0 Å². The van der Waals surface area contributed by atoms with Gasteiger partial charge in [-0.2, -0.15) is 0 Å². The molecule has 3 aromatic rings. The molecule has 0 heterocycles. The molecule has 196 valence electrons. The Balaban J connectivity index is 1.88. The van der Waals surface area contributed by atoms with Crippen LogP contribution in [0.4, 0.5) is 4.39 Å². The highest BCUT2D eigenvalue weighted by molar-refractivity contribution is 7.99. The Morgan fingerprint density at radius 3 is 2.41 bits per heavy atom. The molecule has 7 heteroatoms. The van der Waals surface area contributed by atoms with Crippen molar-refractivity contribution in [2.75, 3.05) is 5.75 Å². The highest BCUT2D eigenvalue weighted by atomic mass is 35.5. The molecule has 0 aliphatic heterocycles. The van der Waals surface area contributed by atoms with E-state index in [4.69, 9.17) is 11.6 Å². The first-order chi connectivity index (χ1) is 17.8. The summed E-state index contributed by atoms with van der Waals surface area (Å²) in [6, 6.07) is 21.5. The average Bonchev–Trinajstić information content (AvgIpc) is 2.88. The number of carbonyl (C=O) groups is 2. The molecule has 0 bridgehead atoms. The van der Waals surface area contributed by atoms with Crippen LogP contribution in [0.25, 0.3) is 0 Å². The maximum atomic E-state index is 14.2. The van der Waals surface area contributed by atoms with Crippen LogP contribution in [0.3, 0.4) is 0 Å². The SMILES string of the molecule is CC[C@@H](C)NC(=O)[C@H](Cc1ccccc1)N(Cc1cccc(C)c1)C(=O)CSCc1c(F)cccc1Cl. The number of nitrogens with zero attached hydrogens (tertiary/aromatic N) is 1. The number of halogens is 2. The van der Waals surface area contributed by atoms with E-state index in [1.54, 1.807) is 17.0 Å².